The normalized spacial score (nSPS) is 16.4. The summed E-state index contributed by atoms with van der Waals surface area (Å²) in [6.07, 6.45) is 2.37. The van der Waals surface area contributed by atoms with Crippen molar-refractivity contribution in [1.82, 2.24) is 9.97 Å². The fourth-order valence-electron chi connectivity index (χ4n) is 2.58. The van der Waals surface area contributed by atoms with Gasteiger partial charge in [0.15, 0.2) is 11.6 Å². The van der Waals surface area contributed by atoms with Crippen molar-refractivity contribution in [3.05, 3.63) is 40.1 Å². The summed E-state index contributed by atoms with van der Waals surface area (Å²) in [4.78, 5) is 10.8. The van der Waals surface area contributed by atoms with Crippen molar-refractivity contribution in [3.63, 3.8) is 0 Å². The highest BCUT2D eigenvalue weighted by molar-refractivity contribution is 6.30. The smallest absolute Gasteiger partial charge is 0.226 e. The first-order chi connectivity index (χ1) is 10.7. The molecule has 0 saturated heterocycles. The molecule has 2 aliphatic rings. The summed E-state index contributed by atoms with van der Waals surface area (Å²) < 4.78 is 0. The van der Waals surface area contributed by atoms with Gasteiger partial charge in [-0.2, -0.15) is 9.97 Å². The van der Waals surface area contributed by atoms with E-state index in [1.807, 2.05) is 18.2 Å². The Bertz CT molecular complexity index is 717. The first-order valence-electron chi connectivity index (χ1n) is 7.26. The lowest BCUT2D eigenvalue weighted by Gasteiger charge is -2.17. The standard InChI is InChI=1S/C15H15Cl2N5/c16-10-3-1-2-9(6-10)7-22-8-18-12-13(19-11-4-5-11)20-15(17)21-14(12)22/h1-3,6,11,18H,4-5,7-8H2,(H,19,20,21). The Kier molecular flexibility index (Phi) is 3.47. The molecule has 1 aliphatic heterocycles. The van der Waals surface area contributed by atoms with Crippen molar-refractivity contribution in [3.8, 4) is 0 Å². The van der Waals surface area contributed by atoms with Crippen molar-refractivity contribution >= 4 is 40.5 Å². The average molecular weight is 336 g/mol. The monoisotopic (exact) mass is 335 g/mol. The molecule has 2 aromatic rings. The number of hydrogen-bond acceptors (Lipinski definition) is 5. The molecule has 0 unspecified atom stereocenters. The molecule has 1 fully saturated rings. The molecule has 0 atom stereocenters. The Labute approximate surface area is 138 Å². The van der Waals surface area contributed by atoms with Gasteiger partial charge in [-0.25, -0.2) is 0 Å². The second kappa shape index (κ2) is 5.48. The van der Waals surface area contributed by atoms with Crippen molar-refractivity contribution in [2.75, 3.05) is 22.2 Å². The van der Waals surface area contributed by atoms with Crippen molar-refractivity contribution in [2.45, 2.75) is 25.4 Å². The van der Waals surface area contributed by atoms with E-state index in [1.54, 1.807) is 0 Å². The Hall–Kier alpha value is -1.72. The van der Waals surface area contributed by atoms with Crippen molar-refractivity contribution in [1.29, 1.82) is 0 Å². The molecule has 1 aromatic carbocycles. The lowest BCUT2D eigenvalue weighted by molar-refractivity contribution is 0.855. The van der Waals surface area contributed by atoms with E-state index in [9.17, 15) is 0 Å². The molecule has 2 N–H and O–H groups in total. The van der Waals surface area contributed by atoms with Crippen LogP contribution < -0.4 is 15.5 Å². The van der Waals surface area contributed by atoms with Crippen LogP contribution in [0.4, 0.5) is 17.3 Å². The van der Waals surface area contributed by atoms with Crippen LogP contribution in [0.25, 0.3) is 0 Å². The minimum atomic E-state index is 0.265. The average Bonchev–Trinajstić information content (AvgIpc) is 3.20. The quantitative estimate of drug-likeness (QED) is 0.833. The van der Waals surface area contributed by atoms with E-state index < -0.39 is 0 Å². The molecule has 7 heteroatoms. The van der Waals surface area contributed by atoms with Crippen LogP contribution >= 0.6 is 23.2 Å². The summed E-state index contributed by atoms with van der Waals surface area (Å²) in [7, 11) is 0. The molecule has 5 nitrogen and oxygen atoms in total. The van der Waals surface area contributed by atoms with Gasteiger partial charge in [0.1, 0.15) is 5.69 Å². The Balaban J connectivity index is 1.62. The minimum Gasteiger partial charge on any atom is -0.365 e. The maximum absolute atomic E-state index is 6.09. The van der Waals surface area contributed by atoms with Gasteiger partial charge in [0.25, 0.3) is 0 Å². The predicted octanol–water partition coefficient (Wildman–Crippen LogP) is 3.75. The zero-order valence-corrected chi connectivity index (χ0v) is 13.3. The molecule has 4 rings (SSSR count). The van der Waals surface area contributed by atoms with Crippen LogP contribution in [0.15, 0.2) is 24.3 Å². The molecule has 2 heterocycles. The second-order valence-electron chi connectivity index (χ2n) is 5.62. The largest absolute Gasteiger partial charge is 0.365 e. The highest BCUT2D eigenvalue weighted by Crippen LogP contribution is 2.38. The number of rotatable bonds is 4. The molecule has 0 bridgehead atoms. The summed E-state index contributed by atoms with van der Waals surface area (Å²) >= 11 is 12.1. The van der Waals surface area contributed by atoms with Gasteiger partial charge >= 0.3 is 0 Å². The SMILES string of the molecule is Clc1cccc(CN2CNc3c(NC4CC4)nc(Cl)nc32)c1. The number of aromatic nitrogens is 2. The van der Waals surface area contributed by atoms with Gasteiger partial charge in [-0.3, -0.25) is 0 Å². The summed E-state index contributed by atoms with van der Waals surface area (Å²) in [6.45, 7) is 1.40. The van der Waals surface area contributed by atoms with Gasteiger partial charge in [0, 0.05) is 17.6 Å². The van der Waals surface area contributed by atoms with Crippen molar-refractivity contribution < 1.29 is 0 Å². The summed E-state index contributed by atoms with van der Waals surface area (Å²) in [5, 5.41) is 7.77. The van der Waals surface area contributed by atoms with Crippen LogP contribution in [-0.2, 0) is 6.54 Å². The van der Waals surface area contributed by atoms with Gasteiger partial charge in [0.2, 0.25) is 5.28 Å². The molecule has 1 aromatic heterocycles. The topological polar surface area (TPSA) is 53.1 Å². The number of anilines is 3. The van der Waals surface area contributed by atoms with Gasteiger partial charge in [-0.1, -0.05) is 23.7 Å². The first-order valence-corrected chi connectivity index (χ1v) is 8.02. The molecular formula is C15H15Cl2N5. The zero-order chi connectivity index (χ0) is 15.1. The number of benzene rings is 1. The zero-order valence-electron chi connectivity index (χ0n) is 11.8. The van der Waals surface area contributed by atoms with E-state index in [-0.39, 0.29) is 5.28 Å². The van der Waals surface area contributed by atoms with E-state index in [0.717, 1.165) is 34.5 Å². The van der Waals surface area contributed by atoms with Gasteiger partial charge < -0.3 is 15.5 Å². The predicted molar refractivity (Wildman–Crippen MR) is 89.8 cm³/mol. The van der Waals surface area contributed by atoms with Crippen molar-refractivity contribution in [2.24, 2.45) is 0 Å². The number of hydrogen-bond donors (Lipinski definition) is 2. The fraction of sp³-hybridized carbons (Fsp3) is 0.333. The highest BCUT2D eigenvalue weighted by Gasteiger charge is 2.29. The highest BCUT2D eigenvalue weighted by atomic mass is 35.5. The van der Waals surface area contributed by atoms with Crippen LogP contribution in [0, 0.1) is 0 Å². The first kappa shape index (κ1) is 13.9. The third-order valence-electron chi connectivity index (χ3n) is 3.79. The summed E-state index contributed by atoms with van der Waals surface area (Å²) in [5.41, 5.74) is 2.06. The molecule has 1 saturated carbocycles. The maximum atomic E-state index is 6.09. The lowest BCUT2D eigenvalue weighted by Crippen LogP contribution is -2.22. The van der Waals surface area contributed by atoms with Crippen LogP contribution in [0.5, 0.6) is 0 Å². The van der Waals surface area contributed by atoms with E-state index >= 15 is 0 Å². The minimum absolute atomic E-state index is 0.265. The van der Waals surface area contributed by atoms with Gasteiger partial charge in [0.05, 0.1) is 6.67 Å². The van der Waals surface area contributed by atoms with E-state index in [1.165, 1.54) is 12.8 Å². The summed E-state index contributed by atoms with van der Waals surface area (Å²) in [5.74, 6) is 1.63. The van der Waals surface area contributed by atoms with Gasteiger partial charge in [-0.05, 0) is 42.1 Å². The molecule has 0 radical (unpaired) electrons. The Morgan fingerprint density at radius 2 is 2.14 bits per heavy atom. The number of nitrogens with zero attached hydrogens (tertiary/aromatic N) is 3. The fourth-order valence-corrected chi connectivity index (χ4v) is 2.95. The molecule has 0 spiro atoms. The van der Waals surface area contributed by atoms with Crippen LogP contribution in [0.2, 0.25) is 10.3 Å². The number of fused-ring (bicyclic) bond motifs is 1. The number of nitrogens with one attached hydrogen (secondary N) is 2. The van der Waals surface area contributed by atoms with Crippen LogP contribution in [0.3, 0.4) is 0 Å². The lowest BCUT2D eigenvalue weighted by atomic mass is 10.2. The molecule has 22 heavy (non-hydrogen) atoms. The van der Waals surface area contributed by atoms with Crippen LogP contribution in [-0.4, -0.2) is 22.7 Å². The van der Waals surface area contributed by atoms with Gasteiger partial charge in [-0.15, -0.1) is 0 Å². The second-order valence-corrected chi connectivity index (χ2v) is 6.40. The third kappa shape index (κ3) is 2.78. The Morgan fingerprint density at radius 1 is 1.27 bits per heavy atom. The third-order valence-corrected chi connectivity index (χ3v) is 4.19. The van der Waals surface area contributed by atoms with E-state index in [4.69, 9.17) is 23.2 Å². The molecular weight excluding hydrogens is 321 g/mol. The number of halogens is 2. The Morgan fingerprint density at radius 3 is 2.91 bits per heavy atom. The van der Waals surface area contributed by atoms with E-state index in [0.29, 0.717) is 12.7 Å². The summed E-state index contributed by atoms with van der Waals surface area (Å²) in [6, 6.07) is 8.35. The molecule has 114 valence electrons. The van der Waals surface area contributed by atoms with E-state index in [2.05, 4.69) is 31.6 Å². The maximum Gasteiger partial charge on any atom is 0.226 e. The molecule has 1 aliphatic carbocycles. The van der Waals surface area contributed by atoms with Crippen LogP contribution in [0.1, 0.15) is 18.4 Å². The molecule has 0 amide bonds.